The fraction of sp³-hybridized carbons (Fsp3) is 0.385. The fourth-order valence-electron chi connectivity index (χ4n) is 5.90. The number of imide groups is 1. The van der Waals surface area contributed by atoms with E-state index in [2.05, 4.69) is 12.1 Å². The van der Waals surface area contributed by atoms with E-state index in [4.69, 9.17) is 4.74 Å². The molecule has 6 heteroatoms. The summed E-state index contributed by atoms with van der Waals surface area (Å²) < 4.78 is 5.09. The van der Waals surface area contributed by atoms with Crippen LogP contribution in [0.5, 0.6) is 0 Å². The van der Waals surface area contributed by atoms with Crippen LogP contribution in [0, 0.1) is 30.6 Å². The summed E-state index contributed by atoms with van der Waals surface area (Å²) in [4.78, 5) is 51.7. The van der Waals surface area contributed by atoms with Gasteiger partial charge in [-0.15, -0.1) is 0 Å². The Kier molecular flexibility index (Phi) is 5.16. The number of carbonyl (C=O) groups excluding carboxylic acids is 4. The first-order chi connectivity index (χ1) is 15.4. The molecular weight excluding hydrogens is 406 g/mol. The van der Waals surface area contributed by atoms with Crippen LogP contribution in [0.2, 0.25) is 0 Å². The van der Waals surface area contributed by atoms with Gasteiger partial charge < -0.3 is 4.74 Å². The predicted octanol–water partition coefficient (Wildman–Crippen LogP) is 3.15. The van der Waals surface area contributed by atoms with E-state index in [0.29, 0.717) is 5.56 Å². The van der Waals surface area contributed by atoms with E-state index >= 15 is 0 Å². The standard InChI is InChI=1S/C26H25NO5/c1-15-7-9-17(10-8-15)21(28)14-32-22(29)13-27-25(30)23-18-11-19(16-5-3-2-4-6-16)20(12-18)24(23)26(27)31/h2-10,18-20,23-24H,11-14H2,1H3. The van der Waals surface area contributed by atoms with Crippen molar-refractivity contribution in [2.24, 2.45) is 23.7 Å². The summed E-state index contributed by atoms with van der Waals surface area (Å²) in [7, 11) is 0. The Hall–Kier alpha value is -3.28. The van der Waals surface area contributed by atoms with Crippen LogP contribution in [0.25, 0.3) is 0 Å². The number of likely N-dealkylation sites (tertiary alicyclic amines) is 1. The minimum atomic E-state index is -0.737. The van der Waals surface area contributed by atoms with Gasteiger partial charge in [-0.05, 0) is 43.1 Å². The van der Waals surface area contributed by atoms with Crippen molar-refractivity contribution in [2.45, 2.75) is 25.7 Å². The van der Waals surface area contributed by atoms with Crippen LogP contribution in [-0.4, -0.2) is 41.6 Å². The van der Waals surface area contributed by atoms with Gasteiger partial charge in [0.2, 0.25) is 11.8 Å². The Labute approximate surface area is 186 Å². The zero-order valence-corrected chi connectivity index (χ0v) is 17.9. The lowest BCUT2D eigenvalue weighted by molar-refractivity contribution is -0.152. The molecule has 2 amide bonds. The van der Waals surface area contributed by atoms with E-state index in [1.165, 1.54) is 5.56 Å². The van der Waals surface area contributed by atoms with Crippen LogP contribution in [0.3, 0.4) is 0 Å². The number of amides is 2. The lowest BCUT2D eigenvalue weighted by Crippen LogP contribution is -2.38. The van der Waals surface area contributed by atoms with E-state index < -0.39 is 19.1 Å². The number of ether oxygens (including phenoxy) is 1. The second-order valence-corrected chi connectivity index (χ2v) is 9.18. The summed E-state index contributed by atoms with van der Waals surface area (Å²) in [5, 5.41) is 0. The summed E-state index contributed by atoms with van der Waals surface area (Å²) in [5.41, 5.74) is 2.69. The van der Waals surface area contributed by atoms with Gasteiger partial charge in [0.05, 0.1) is 11.8 Å². The van der Waals surface area contributed by atoms with Crippen molar-refractivity contribution in [2.75, 3.05) is 13.2 Å². The highest BCUT2D eigenvalue weighted by atomic mass is 16.5. The topological polar surface area (TPSA) is 80.8 Å². The molecule has 0 radical (unpaired) electrons. The van der Waals surface area contributed by atoms with Crippen LogP contribution < -0.4 is 0 Å². The van der Waals surface area contributed by atoms with Gasteiger partial charge in [0.1, 0.15) is 6.54 Å². The summed E-state index contributed by atoms with van der Waals surface area (Å²) in [6.07, 6.45) is 1.79. The zero-order valence-electron chi connectivity index (χ0n) is 17.9. The number of fused-ring (bicyclic) bond motifs is 5. The van der Waals surface area contributed by atoms with Crippen LogP contribution >= 0.6 is 0 Å². The van der Waals surface area contributed by atoms with Crippen molar-refractivity contribution < 1.29 is 23.9 Å². The normalized spacial score (nSPS) is 28.2. The molecule has 2 aliphatic carbocycles. The zero-order chi connectivity index (χ0) is 22.4. The molecule has 1 aliphatic heterocycles. The van der Waals surface area contributed by atoms with Gasteiger partial charge in [0.15, 0.2) is 12.4 Å². The Bertz CT molecular complexity index is 1080. The Morgan fingerprint density at radius 2 is 1.62 bits per heavy atom. The molecular formula is C26H25NO5. The number of ketones is 1. The summed E-state index contributed by atoms with van der Waals surface area (Å²) >= 11 is 0. The SMILES string of the molecule is Cc1ccc(C(=O)COC(=O)CN2C(=O)C3C4CC(c5ccccc5)C(C4)C3C2=O)cc1. The molecule has 164 valence electrons. The number of hydrogen-bond acceptors (Lipinski definition) is 5. The lowest BCUT2D eigenvalue weighted by atomic mass is 9.73. The van der Waals surface area contributed by atoms with Crippen LogP contribution in [0.1, 0.15) is 40.2 Å². The van der Waals surface area contributed by atoms with E-state index in [0.717, 1.165) is 23.3 Å². The Balaban J connectivity index is 1.22. The highest BCUT2D eigenvalue weighted by Gasteiger charge is 2.64. The molecule has 0 spiro atoms. The lowest BCUT2D eigenvalue weighted by Gasteiger charge is -2.28. The molecule has 32 heavy (non-hydrogen) atoms. The molecule has 2 bridgehead atoms. The van der Waals surface area contributed by atoms with Gasteiger partial charge in [-0.3, -0.25) is 24.1 Å². The smallest absolute Gasteiger partial charge is 0.326 e. The number of nitrogens with zero attached hydrogens (tertiary/aromatic N) is 1. The third kappa shape index (κ3) is 3.44. The number of hydrogen-bond donors (Lipinski definition) is 0. The number of Topliss-reactive ketones (excluding diaryl/α,β-unsaturated/α-hetero) is 1. The van der Waals surface area contributed by atoms with Crippen LogP contribution in [0.4, 0.5) is 0 Å². The summed E-state index contributed by atoms with van der Waals surface area (Å²) in [6.45, 7) is 1.08. The average molecular weight is 431 g/mol. The van der Waals surface area contributed by atoms with Crippen molar-refractivity contribution in [1.82, 2.24) is 4.90 Å². The molecule has 1 saturated heterocycles. The molecule has 5 unspecified atom stereocenters. The third-order valence-electron chi connectivity index (χ3n) is 7.36. The number of carbonyl (C=O) groups is 4. The molecule has 2 aromatic carbocycles. The number of aryl methyl sites for hydroxylation is 1. The summed E-state index contributed by atoms with van der Waals surface area (Å²) in [5.74, 6) is -1.68. The molecule has 5 rings (SSSR count). The first-order valence-corrected chi connectivity index (χ1v) is 11.1. The summed E-state index contributed by atoms with van der Waals surface area (Å²) in [6, 6.07) is 17.1. The number of rotatable bonds is 6. The second kappa shape index (κ2) is 8.01. The van der Waals surface area contributed by atoms with Gasteiger partial charge in [0, 0.05) is 5.56 Å². The maximum atomic E-state index is 13.1. The molecule has 3 fully saturated rings. The molecule has 2 aromatic rings. The van der Waals surface area contributed by atoms with Crippen molar-refractivity contribution in [3.8, 4) is 0 Å². The van der Waals surface area contributed by atoms with Gasteiger partial charge in [-0.25, -0.2) is 0 Å². The Morgan fingerprint density at radius 1 is 0.938 bits per heavy atom. The first-order valence-electron chi connectivity index (χ1n) is 11.1. The van der Waals surface area contributed by atoms with E-state index in [-0.39, 0.29) is 47.2 Å². The van der Waals surface area contributed by atoms with Gasteiger partial charge in [0.25, 0.3) is 0 Å². The molecule has 0 N–H and O–H groups in total. The largest absolute Gasteiger partial charge is 0.456 e. The number of esters is 1. The molecule has 2 saturated carbocycles. The first kappa shape index (κ1) is 20.6. The van der Waals surface area contributed by atoms with Crippen LogP contribution in [-0.2, 0) is 19.1 Å². The van der Waals surface area contributed by atoms with E-state index in [1.807, 2.05) is 37.3 Å². The van der Waals surface area contributed by atoms with E-state index in [1.54, 1.807) is 12.1 Å². The predicted molar refractivity (Wildman–Crippen MR) is 116 cm³/mol. The Morgan fingerprint density at radius 3 is 2.34 bits per heavy atom. The van der Waals surface area contributed by atoms with Crippen molar-refractivity contribution in [1.29, 1.82) is 0 Å². The molecule has 5 atom stereocenters. The van der Waals surface area contributed by atoms with Gasteiger partial charge in [-0.2, -0.15) is 0 Å². The fourth-order valence-corrected chi connectivity index (χ4v) is 5.90. The molecule has 3 aliphatic rings. The molecule has 0 aromatic heterocycles. The van der Waals surface area contributed by atoms with Gasteiger partial charge >= 0.3 is 5.97 Å². The molecule has 1 heterocycles. The number of benzene rings is 2. The maximum absolute atomic E-state index is 13.1. The minimum absolute atomic E-state index is 0.132. The van der Waals surface area contributed by atoms with Crippen molar-refractivity contribution in [3.63, 3.8) is 0 Å². The molecule has 6 nitrogen and oxygen atoms in total. The quantitative estimate of drug-likeness (QED) is 0.399. The van der Waals surface area contributed by atoms with Crippen LogP contribution in [0.15, 0.2) is 54.6 Å². The average Bonchev–Trinajstić information content (AvgIpc) is 3.46. The highest BCUT2D eigenvalue weighted by molar-refractivity contribution is 6.08. The monoisotopic (exact) mass is 431 g/mol. The highest BCUT2D eigenvalue weighted by Crippen LogP contribution is 2.61. The van der Waals surface area contributed by atoms with E-state index in [9.17, 15) is 19.2 Å². The van der Waals surface area contributed by atoms with Crippen molar-refractivity contribution in [3.05, 3.63) is 71.3 Å². The second-order valence-electron chi connectivity index (χ2n) is 9.18. The minimum Gasteiger partial charge on any atom is -0.456 e. The van der Waals surface area contributed by atoms with Crippen molar-refractivity contribution >= 4 is 23.6 Å². The third-order valence-corrected chi connectivity index (χ3v) is 7.36. The maximum Gasteiger partial charge on any atom is 0.326 e. The van der Waals surface area contributed by atoms with Gasteiger partial charge in [-0.1, -0.05) is 60.2 Å².